The summed E-state index contributed by atoms with van der Waals surface area (Å²) in [5, 5.41) is 33.4. The van der Waals surface area contributed by atoms with E-state index in [1.165, 1.54) is 40.0 Å². The molecule has 4 aromatic carbocycles. The van der Waals surface area contributed by atoms with Crippen LogP contribution in [0.5, 0.6) is 0 Å². The minimum Gasteiger partial charge on any atom is -0.444 e. The van der Waals surface area contributed by atoms with Crippen LogP contribution in [0.3, 0.4) is 0 Å². The van der Waals surface area contributed by atoms with Crippen LogP contribution in [-0.4, -0.2) is 70.8 Å². The van der Waals surface area contributed by atoms with Gasteiger partial charge in [0.2, 0.25) is 0 Å². The highest BCUT2D eigenvalue weighted by Crippen LogP contribution is 2.22. The molecular formula is C45H67BrN4O5S23. The van der Waals surface area contributed by atoms with Crippen LogP contribution in [-0.2, 0) is 239 Å². The molecule has 4 unspecified atom stereocenters. The van der Waals surface area contributed by atoms with Gasteiger partial charge in [0.05, 0.1) is 24.9 Å². The van der Waals surface area contributed by atoms with Gasteiger partial charge in [0.15, 0.2) is 0 Å². The van der Waals surface area contributed by atoms with E-state index in [0.29, 0.717) is 25.0 Å². The molecule has 4 atom stereocenters. The van der Waals surface area contributed by atoms with Gasteiger partial charge in [0.25, 0.3) is 0 Å². The molecule has 442 valence electrons. The van der Waals surface area contributed by atoms with E-state index >= 15 is 0 Å². The number of nitrogens with one attached hydrogen (secondary N) is 2. The number of aliphatic hydroxyl groups excluding tert-OH is 3. The molecule has 4 aromatic rings. The van der Waals surface area contributed by atoms with Gasteiger partial charge in [-0.25, -0.2) is 4.79 Å². The van der Waals surface area contributed by atoms with Crippen molar-refractivity contribution in [3.05, 3.63) is 119 Å². The summed E-state index contributed by atoms with van der Waals surface area (Å²) in [4.78, 5) is 13.1. The number of alkyl halides is 1. The van der Waals surface area contributed by atoms with Crippen LogP contribution in [0.2, 0.25) is 0 Å². The summed E-state index contributed by atoms with van der Waals surface area (Å²) >= 11 is 12.6. The average Bonchev–Trinajstić information content (AvgIpc) is 3.81. The standard InChI is InChI=1S/C12H15NO2.2C11H17NO.C8H11N.C3H7BrO.S23/c1-3-10-4-6-11(7-5-10)13-8-9(2)15-12(13)14;2*1-3-10-4-6-11(7-5-10)12-8-9(2)13;1-2-7-3-5-8(9)6-4-7;1-3(5)2-4;1-3-5-7-9-11-13-15-17-19-21-23-22-20-18-16-14-12-10-8-6-4-2/h4-7,9H,3,8H2,1-2H3;2*4-7,9,12-13H,3,8H2,1-2H3;3-6H,2,9H2,1H3;3,5H,2H2,1H3;. The van der Waals surface area contributed by atoms with E-state index in [9.17, 15) is 4.79 Å². The van der Waals surface area contributed by atoms with Gasteiger partial charge in [-0.1, -0.05) is 92.2 Å². The predicted octanol–water partition coefficient (Wildman–Crippen LogP) is 9.22. The maximum Gasteiger partial charge on any atom is 0.414 e. The zero-order valence-corrected chi connectivity index (χ0v) is 64.0. The summed E-state index contributed by atoms with van der Waals surface area (Å²) in [5.41, 5.74) is 14.7. The predicted molar refractivity (Wildman–Crippen MR) is 406 cm³/mol. The number of carbonyl (C=O) groups excluding carboxylic acids is 1. The molecule has 0 aliphatic carbocycles. The third-order valence-electron chi connectivity index (χ3n) is 8.71. The Balaban J connectivity index is 0.000000954. The fourth-order valence-electron chi connectivity index (χ4n) is 4.94. The van der Waals surface area contributed by atoms with E-state index < -0.39 is 0 Å². The van der Waals surface area contributed by atoms with Gasteiger partial charge >= 0.3 is 6.09 Å². The molecule has 1 saturated heterocycles. The third kappa shape index (κ3) is 47.2. The molecule has 7 N–H and O–H groups in total. The van der Waals surface area contributed by atoms with Crippen molar-refractivity contribution < 1.29 is 24.9 Å². The summed E-state index contributed by atoms with van der Waals surface area (Å²) in [7, 11) is 36.3. The lowest BCUT2D eigenvalue weighted by Gasteiger charge is -2.12. The molecule has 0 radical (unpaired) electrons. The van der Waals surface area contributed by atoms with Crippen LogP contribution in [0.25, 0.3) is 0 Å². The molecule has 1 fully saturated rings. The summed E-state index contributed by atoms with van der Waals surface area (Å²) < 4.78 is 5.07. The van der Waals surface area contributed by atoms with Crippen molar-refractivity contribution in [3.8, 4) is 0 Å². The molecule has 1 heterocycles. The fraction of sp³-hybridized carbons (Fsp3) is 0.444. The second kappa shape index (κ2) is 55.8. The number of benzene rings is 4. The van der Waals surface area contributed by atoms with Crippen LogP contribution < -0.4 is 21.3 Å². The quantitative estimate of drug-likeness (QED) is 0.0602. The number of halogens is 1. The lowest BCUT2D eigenvalue weighted by atomic mass is 10.1. The number of carbonyl (C=O) groups is 1. The van der Waals surface area contributed by atoms with Crippen LogP contribution in [0, 0.1) is 0 Å². The first-order chi connectivity index (χ1) is 37.7. The molecule has 9 nitrogen and oxygen atoms in total. The first kappa shape index (κ1) is 79.0. The number of rotatable bonds is 12. The lowest BCUT2D eigenvalue weighted by molar-refractivity contribution is 0.150. The van der Waals surface area contributed by atoms with Gasteiger partial charge in [-0.2, -0.15) is 0 Å². The number of amides is 1. The van der Waals surface area contributed by atoms with E-state index in [2.05, 4.69) is 90.7 Å². The second-order valence-electron chi connectivity index (χ2n) is 14.9. The Morgan fingerprint density at radius 1 is 0.526 bits per heavy atom. The molecule has 78 heavy (non-hydrogen) atoms. The minimum absolute atomic E-state index is 0.0108. The van der Waals surface area contributed by atoms with Crippen LogP contribution in [0.15, 0.2) is 97.1 Å². The normalized spacial score (nSPS) is 12.4. The lowest BCUT2D eigenvalue weighted by Crippen LogP contribution is -2.23. The van der Waals surface area contributed by atoms with Crippen molar-refractivity contribution in [3.63, 3.8) is 0 Å². The number of anilines is 4. The van der Waals surface area contributed by atoms with E-state index in [4.69, 9.17) is 48.2 Å². The molecule has 0 spiro atoms. The number of ether oxygens (including phenoxy) is 1. The number of hydrogen-bond donors (Lipinski definition) is 6. The summed E-state index contributed by atoms with van der Waals surface area (Å²) in [6.07, 6.45) is 3.18. The van der Waals surface area contributed by atoms with Crippen LogP contribution in [0.4, 0.5) is 27.5 Å². The molecular weight excluding hydrogens is 1490 g/mol. The zero-order chi connectivity index (χ0) is 58.0. The average molecular weight is 1560 g/mol. The Morgan fingerprint density at radius 3 is 1.03 bits per heavy atom. The van der Waals surface area contributed by atoms with E-state index in [1.807, 2.05) is 94.2 Å². The van der Waals surface area contributed by atoms with E-state index in [0.717, 1.165) is 48.4 Å². The maximum atomic E-state index is 11.4. The van der Waals surface area contributed by atoms with Gasteiger partial charge < -0.3 is 36.4 Å². The Kier molecular flexibility index (Phi) is 56.5. The van der Waals surface area contributed by atoms with Crippen molar-refractivity contribution in [2.75, 3.05) is 46.2 Å². The molecule has 0 saturated carbocycles. The van der Waals surface area contributed by atoms with Gasteiger partial charge in [0.1, 0.15) is 6.10 Å². The second-order valence-corrected chi connectivity index (χ2v) is 52.7. The van der Waals surface area contributed by atoms with E-state index in [-0.39, 0.29) is 30.5 Å². The Morgan fingerprint density at radius 2 is 0.795 bits per heavy atom. The van der Waals surface area contributed by atoms with Gasteiger partial charge in [0, 0.05) is 250 Å². The van der Waals surface area contributed by atoms with Crippen molar-refractivity contribution >= 4 is 254 Å². The topological polar surface area (TPSA) is 140 Å². The fourth-order valence-corrected chi connectivity index (χ4v) is 57.1. The molecule has 33 heteroatoms. The number of nitrogens with two attached hydrogens (primary N) is 1. The number of cyclic esters (lactones) is 1. The Labute approximate surface area is 541 Å². The SMILES string of the molecule is CC(O)CBr.CCc1ccc(N)cc1.CCc1ccc(N2CC(C)OC2=O)cc1.CCc1ccc(NCC(C)O)cc1.CCc1ccc(NCC(C)O)cc1.S=S=S=S=S=S=S=S=S=S=S=S=S=S=S=S=S=S=S=S=S=S=S. The molecule has 1 aliphatic rings. The molecule has 1 aliphatic heterocycles. The summed E-state index contributed by atoms with van der Waals surface area (Å²) in [5.74, 6) is 0. The van der Waals surface area contributed by atoms with Gasteiger partial charge in [-0.3, -0.25) is 4.90 Å². The maximum absolute atomic E-state index is 11.4. The first-order valence-electron chi connectivity index (χ1n) is 23.1. The van der Waals surface area contributed by atoms with Crippen molar-refractivity contribution in [1.82, 2.24) is 0 Å². The molecule has 0 bridgehead atoms. The minimum atomic E-state index is -0.300. The largest absolute Gasteiger partial charge is 0.444 e. The number of aryl methyl sites for hydroxylation is 4. The molecule has 1 amide bonds. The Hall–Kier alpha value is 0.970. The number of aliphatic hydroxyl groups is 3. The number of nitrogens with zero attached hydrogens (tertiary/aromatic N) is 1. The summed E-state index contributed by atoms with van der Waals surface area (Å²) in [6, 6.07) is 32.6. The van der Waals surface area contributed by atoms with Crippen LogP contribution in [0.1, 0.15) is 77.6 Å². The highest BCUT2D eigenvalue weighted by atomic mass is 79.9. The number of hydrogen-bond acceptors (Lipinski definition) is 10. The van der Waals surface area contributed by atoms with E-state index in [1.54, 1.807) is 168 Å². The summed E-state index contributed by atoms with van der Waals surface area (Å²) in [6.45, 7) is 17.5. The third-order valence-corrected chi connectivity index (χ3v) is 54.1. The molecule has 5 rings (SSSR count). The van der Waals surface area contributed by atoms with Crippen molar-refractivity contribution in [1.29, 1.82) is 0 Å². The van der Waals surface area contributed by atoms with Gasteiger partial charge in [-0.05, 0) is 124 Å². The number of nitrogen functional groups attached to an aromatic ring is 1. The van der Waals surface area contributed by atoms with Crippen LogP contribution >= 0.6 is 15.9 Å². The van der Waals surface area contributed by atoms with Crippen molar-refractivity contribution in [2.24, 2.45) is 0 Å². The first-order valence-corrected chi connectivity index (χ1v) is 53.5. The van der Waals surface area contributed by atoms with Crippen molar-refractivity contribution in [2.45, 2.75) is 105 Å². The smallest absolute Gasteiger partial charge is 0.414 e. The highest BCUT2D eigenvalue weighted by molar-refractivity contribution is 9.09. The monoisotopic (exact) mass is 1560 g/mol. The zero-order valence-electron chi connectivity index (χ0n) is 43.7. The molecule has 0 aromatic heterocycles. The Bertz CT molecular complexity index is 3170. The highest BCUT2D eigenvalue weighted by Gasteiger charge is 2.29. The van der Waals surface area contributed by atoms with Gasteiger partial charge in [-0.15, -0.1) is 0 Å².